The van der Waals surface area contributed by atoms with E-state index in [2.05, 4.69) is 54.6 Å². The minimum atomic E-state index is -0.00247. The van der Waals surface area contributed by atoms with E-state index in [-0.39, 0.29) is 11.5 Å². The minimum Gasteiger partial charge on any atom is -0.316 e. The summed E-state index contributed by atoms with van der Waals surface area (Å²) in [5, 5.41) is 8.64. The van der Waals surface area contributed by atoms with Crippen LogP contribution in [0.2, 0.25) is 5.02 Å². The van der Waals surface area contributed by atoms with Gasteiger partial charge in [-0.1, -0.05) is 55.8 Å². The van der Waals surface area contributed by atoms with Crippen molar-refractivity contribution >= 4 is 11.6 Å². The molecule has 0 saturated heterocycles. The number of aromatic nitrogens is 2. The molecule has 0 fully saturated rings. The number of hydrogen-bond acceptors (Lipinski definition) is 2. The van der Waals surface area contributed by atoms with Crippen LogP contribution in [-0.4, -0.2) is 22.9 Å². The standard InChI is InChI=1S/C17H24ClN3/c1-12-16(18)14(21(5)20-12)11-15(19-4)17(2,3)13-9-7-6-8-10-13/h6-10,15,19H,11H2,1-5H3. The predicted molar refractivity (Wildman–Crippen MR) is 89.0 cm³/mol. The lowest BCUT2D eigenvalue weighted by Gasteiger charge is -2.35. The maximum atomic E-state index is 6.40. The van der Waals surface area contributed by atoms with E-state index in [1.807, 2.05) is 25.7 Å². The molecule has 1 atom stereocenters. The van der Waals surface area contributed by atoms with Crippen molar-refractivity contribution in [3.63, 3.8) is 0 Å². The third kappa shape index (κ3) is 3.14. The lowest BCUT2D eigenvalue weighted by Crippen LogP contribution is -2.45. The molecule has 0 spiro atoms. The summed E-state index contributed by atoms with van der Waals surface area (Å²) in [4.78, 5) is 0. The molecule has 114 valence electrons. The van der Waals surface area contributed by atoms with Crippen molar-refractivity contribution in [2.75, 3.05) is 7.05 Å². The van der Waals surface area contributed by atoms with Crippen molar-refractivity contribution in [1.29, 1.82) is 0 Å². The smallest absolute Gasteiger partial charge is 0.0847 e. The first-order chi connectivity index (χ1) is 9.87. The lowest BCUT2D eigenvalue weighted by molar-refractivity contribution is 0.351. The van der Waals surface area contributed by atoms with Gasteiger partial charge in [0.15, 0.2) is 0 Å². The monoisotopic (exact) mass is 305 g/mol. The lowest BCUT2D eigenvalue weighted by atomic mass is 9.76. The summed E-state index contributed by atoms with van der Waals surface area (Å²) >= 11 is 6.40. The van der Waals surface area contributed by atoms with E-state index in [9.17, 15) is 0 Å². The molecule has 0 aliphatic heterocycles. The molecular formula is C17H24ClN3. The maximum absolute atomic E-state index is 6.40. The quantitative estimate of drug-likeness (QED) is 0.916. The Kier molecular flexibility index (Phi) is 4.74. The summed E-state index contributed by atoms with van der Waals surface area (Å²) in [5.74, 6) is 0. The summed E-state index contributed by atoms with van der Waals surface area (Å²) in [6.45, 7) is 6.48. The second kappa shape index (κ2) is 6.20. The van der Waals surface area contributed by atoms with E-state index >= 15 is 0 Å². The zero-order chi connectivity index (χ0) is 15.6. The normalized spacial score (nSPS) is 13.4. The van der Waals surface area contributed by atoms with Crippen molar-refractivity contribution in [3.05, 3.63) is 52.3 Å². The number of hydrogen-bond donors (Lipinski definition) is 1. The van der Waals surface area contributed by atoms with E-state index in [4.69, 9.17) is 11.6 Å². The van der Waals surface area contributed by atoms with Gasteiger partial charge < -0.3 is 5.32 Å². The largest absolute Gasteiger partial charge is 0.316 e. The summed E-state index contributed by atoms with van der Waals surface area (Å²) in [6.07, 6.45) is 0.842. The molecule has 0 amide bonds. The number of aryl methyl sites for hydroxylation is 2. The Balaban J connectivity index is 2.32. The molecule has 0 bridgehead atoms. The average Bonchev–Trinajstić information content (AvgIpc) is 2.71. The highest BCUT2D eigenvalue weighted by molar-refractivity contribution is 6.31. The molecule has 0 aliphatic carbocycles. The summed E-state index contributed by atoms with van der Waals surface area (Å²) < 4.78 is 1.89. The van der Waals surface area contributed by atoms with E-state index < -0.39 is 0 Å². The first kappa shape index (κ1) is 16.1. The van der Waals surface area contributed by atoms with E-state index in [0.29, 0.717) is 0 Å². The van der Waals surface area contributed by atoms with Crippen LogP contribution >= 0.6 is 11.6 Å². The van der Waals surface area contributed by atoms with Gasteiger partial charge in [0.05, 0.1) is 16.4 Å². The van der Waals surface area contributed by atoms with Gasteiger partial charge in [-0.3, -0.25) is 4.68 Å². The van der Waals surface area contributed by atoms with E-state index in [0.717, 1.165) is 22.8 Å². The highest BCUT2D eigenvalue weighted by Gasteiger charge is 2.31. The first-order valence-corrected chi connectivity index (χ1v) is 7.66. The third-order valence-corrected chi connectivity index (χ3v) is 4.89. The third-order valence-electron chi connectivity index (χ3n) is 4.40. The highest BCUT2D eigenvalue weighted by Crippen LogP contribution is 2.31. The molecule has 3 nitrogen and oxygen atoms in total. The minimum absolute atomic E-state index is 0.00247. The summed E-state index contributed by atoms with van der Waals surface area (Å²) in [7, 11) is 3.96. The van der Waals surface area contributed by atoms with Crippen LogP contribution in [0.4, 0.5) is 0 Å². The predicted octanol–water partition coefficient (Wildman–Crippen LogP) is 3.49. The zero-order valence-electron chi connectivity index (χ0n) is 13.4. The molecule has 1 aromatic heterocycles. The van der Waals surface area contributed by atoms with Gasteiger partial charge in [-0.2, -0.15) is 5.10 Å². The van der Waals surface area contributed by atoms with Gasteiger partial charge in [-0.25, -0.2) is 0 Å². The fraction of sp³-hybridized carbons (Fsp3) is 0.471. The van der Waals surface area contributed by atoms with Crippen LogP contribution < -0.4 is 5.32 Å². The number of benzene rings is 1. The van der Waals surface area contributed by atoms with Crippen LogP contribution in [0.25, 0.3) is 0 Å². The van der Waals surface area contributed by atoms with Crippen LogP contribution in [0.15, 0.2) is 30.3 Å². The Morgan fingerprint density at radius 3 is 2.38 bits per heavy atom. The molecule has 1 heterocycles. The Morgan fingerprint density at radius 1 is 1.29 bits per heavy atom. The maximum Gasteiger partial charge on any atom is 0.0847 e. The number of nitrogens with zero attached hydrogens (tertiary/aromatic N) is 2. The molecular weight excluding hydrogens is 282 g/mol. The Morgan fingerprint density at radius 2 is 1.90 bits per heavy atom. The first-order valence-electron chi connectivity index (χ1n) is 7.28. The van der Waals surface area contributed by atoms with Crippen LogP contribution in [0.3, 0.4) is 0 Å². The highest BCUT2D eigenvalue weighted by atomic mass is 35.5. The van der Waals surface area contributed by atoms with Crippen molar-refractivity contribution < 1.29 is 0 Å². The fourth-order valence-corrected chi connectivity index (χ4v) is 3.12. The van der Waals surface area contributed by atoms with Crippen molar-refractivity contribution in [3.8, 4) is 0 Å². The number of halogens is 1. The zero-order valence-corrected chi connectivity index (χ0v) is 14.2. The molecule has 4 heteroatoms. The van der Waals surface area contributed by atoms with E-state index in [1.165, 1.54) is 5.56 Å². The van der Waals surface area contributed by atoms with Gasteiger partial charge in [0.1, 0.15) is 0 Å². The van der Waals surface area contributed by atoms with Crippen LogP contribution in [0.5, 0.6) is 0 Å². The summed E-state index contributed by atoms with van der Waals surface area (Å²) in [6, 6.07) is 10.9. The molecule has 21 heavy (non-hydrogen) atoms. The second-order valence-electron chi connectivity index (χ2n) is 6.10. The number of likely N-dealkylation sites (N-methyl/N-ethyl adjacent to an activating group) is 1. The number of rotatable bonds is 5. The Labute approximate surface area is 132 Å². The van der Waals surface area contributed by atoms with Gasteiger partial charge in [-0.15, -0.1) is 0 Å². The van der Waals surface area contributed by atoms with Gasteiger partial charge in [0.2, 0.25) is 0 Å². The topological polar surface area (TPSA) is 29.9 Å². The van der Waals surface area contributed by atoms with Crippen LogP contribution in [0.1, 0.15) is 30.8 Å². The molecule has 0 saturated carbocycles. The van der Waals surface area contributed by atoms with Gasteiger partial charge in [0.25, 0.3) is 0 Å². The van der Waals surface area contributed by atoms with E-state index in [1.54, 1.807) is 0 Å². The second-order valence-corrected chi connectivity index (χ2v) is 6.48. The Hall–Kier alpha value is -1.32. The molecule has 2 aromatic rings. The van der Waals surface area contributed by atoms with Gasteiger partial charge in [-0.05, 0) is 19.5 Å². The molecule has 0 aliphatic rings. The number of nitrogens with one attached hydrogen (secondary N) is 1. The van der Waals surface area contributed by atoms with Crippen LogP contribution in [-0.2, 0) is 18.9 Å². The molecule has 1 N–H and O–H groups in total. The van der Waals surface area contributed by atoms with Gasteiger partial charge >= 0.3 is 0 Å². The summed E-state index contributed by atoms with van der Waals surface area (Å²) in [5.41, 5.74) is 3.29. The molecule has 0 radical (unpaired) electrons. The van der Waals surface area contributed by atoms with Crippen molar-refractivity contribution in [2.24, 2.45) is 7.05 Å². The van der Waals surface area contributed by atoms with Crippen molar-refractivity contribution in [2.45, 2.75) is 38.6 Å². The SMILES string of the molecule is CNC(Cc1c(Cl)c(C)nn1C)C(C)(C)c1ccccc1. The molecule has 1 aromatic carbocycles. The molecule has 2 rings (SSSR count). The Bertz CT molecular complexity index is 602. The molecule has 1 unspecified atom stereocenters. The van der Waals surface area contributed by atoms with Crippen LogP contribution in [0, 0.1) is 6.92 Å². The van der Waals surface area contributed by atoms with Crippen molar-refractivity contribution in [1.82, 2.24) is 15.1 Å². The fourth-order valence-electron chi connectivity index (χ4n) is 2.88. The average molecular weight is 306 g/mol. The van der Waals surface area contributed by atoms with Gasteiger partial charge in [0, 0.05) is 24.9 Å².